The molecule has 1 amide bonds. The number of aliphatic hydroxyl groups excluding tert-OH is 1. The molecule has 24 heavy (non-hydrogen) atoms. The van der Waals surface area contributed by atoms with Crippen molar-refractivity contribution in [2.75, 3.05) is 0 Å². The van der Waals surface area contributed by atoms with Crippen LogP contribution in [0.3, 0.4) is 0 Å². The Morgan fingerprint density at radius 3 is 2.50 bits per heavy atom. The first-order valence-electron chi connectivity index (χ1n) is 7.47. The number of hydrogen-bond acceptors (Lipinski definition) is 5. The van der Waals surface area contributed by atoms with Crippen molar-refractivity contribution >= 4 is 21.7 Å². The van der Waals surface area contributed by atoms with Gasteiger partial charge in [0.05, 0.1) is 23.0 Å². The van der Waals surface area contributed by atoms with Crippen molar-refractivity contribution in [2.24, 2.45) is 5.92 Å². The van der Waals surface area contributed by atoms with Crippen LogP contribution in [0.1, 0.15) is 13.3 Å². The van der Waals surface area contributed by atoms with Gasteiger partial charge < -0.3 is 15.1 Å². The van der Waals surface area contributed by atoms with E-state index in [-0.39, 0.29) is 16.9 Å². The zero-order chi connectivity index (χ0) is 17.6. The molecule has 2 saturated heterocycles. The van der Waals surface area contributed by atoms with Crippen LogP contribution in [0.25, 0.3) is 0 Å². The van der Waals surface area contributed by atoms with Crippen LogP contribution in [0.5, 0.6) is 0 Å². The van der Waals surface area contributed by atoms with Crippen LogP contribution in [-0.2, 0) is 19.4 Å². The quantitative estimate of drug-likeness (QED) is 0.760. The van der Waals surface area contributed by atoms with Crippen molar-refractivity contribution in [3.63, 3.8) is 0 Å². The second-order valence-corrected chi connectivity index (χ2v) is 7.87. The third-order valence-electron chi connectivity index (χ3n) is 4.52. The molecule has 0 aromatic heterocycles. The number of carbonyl (C=O) groups is 2. The zero-order valence-electron chi connectivity index (χ0n) is 12.9. The van der Waals surface area contributed by atoms with E-state index in [1.165, 1.54) is 19.1 Å². The number of aliphatic hydroxyl groups is 1. The molecule has 7 nitrogen and oxygen atoms in total. The van der Waals surface area contributed by atoms with Gasteiger partial charge in [-0.2, -0.15) is 0 Å². The number of carboxylic acids is 1. The Balaban J connectivity index is 1.99. The van der Waals surface area contributed by atoms with Crippen molar-refractivity contribution in [3.8, 4) is 0 Å². The van der Waals surface area contributed by atoms with E-state index < -0.39 is 45.8 Å². The predicted octanol–water partition coefficient (Wildman–Crippen LogP) is 0.409. The topological polar surface area (TPSA) is 112 Å². The molecule has 2 heterocycles. The van der Waals surface area contributed by atoms with Crippen LogP contribution in [-0.4, -0.2) is 53.6 Å². The maximum Gasteiger partial charge on any atom is 0.330 e. The van der Waals surface area contributed by atoms with Gasteiger partial charge in [0.2, 0.25) is 5.91 Å². The normalized spacial score (nSPS) is 29.2. The van der Waals surface area contributed by atoms with E-state index in [0.717, 1.165) is 10.3 Å². The first-order valence-corrected chi connectivity index (χ1v) is 9.02. The molecule has 2 N–H and O–H groups in total. The monoisotopic (exact) mass is 351 g/mol. The third kappa shape index (κ3) is 2.51. The van der Waals surface area contributed by atoms with Crippen LogP contribution >= 0.6 is 0 Å². The van der Waals surface area contributed by atoms with Crippen molar-refractivity contribution < 1.29 is 28.2 Å². The summed E-state index contributed by atoms with van der Waals surface area (Å²) in [5, 5.41) is 20.1. The Morgan fingerprint density at radius 2 is 1.96 bits per heavy atom. The van der Waals surface area contributed by atoms with Crippen LogP contribution in [0, 0.1) is 5.92 Å². The van der Waals surface area contributed by atoms with E-state index in [1.807, 2.05) is 0 Å². The molecule has 4 atom stereocenters. The number of benzene rings is 1. The molecule has 0 saturated carbocycles. The molecule has 3 rings (SSSR count). The number of fused-ring (bicyclic) bond motifs is 1. The molecule has 8 heteroatoms. The second-order valence-electron chi connectivity index (χ2n) is 6.07. The molecule has 4 unspecified atom stereocenters. The highest BCUT2D eigenvalue weighted by Crippen LogP contribution is 2.44. The highest BCUT2D eigenvalue weighted by molar-refractivity contribution is 7.94. The van der Waals surface area contributed by atoms with Crippen LogP contribution in [0.2, 0.25) is 0 Å². The average Bonchev–Trinajstić information content (AvgIpc) is 2.81. The number of carboxylic acid groups (broad SMARTS) is 1. The van der Waals surface area contributed by atoms with Gasteiger partial charge in [-0.25, -0.2) is 13.2 Å². The Labute approximate surface area is 139 Å². The molecular formula is C16H17NO6S. The molecule has 1 aromatic carbocycles. The summed E-state index contributed by atoms with van der Waals surface area (Å²) in [6.45, 7) is 1.47. The summed E-state index contributed by atoms with van der Waals surface area (Å²) in [7, 11) is -3.81. The highest BCUT2D eigenvalue weighted by Gasteiger charge is 2.59. The second kappa shape index (κ2) is 5.71. The number of amides is 1. The van der Waals surface area contributed by atoms with Gasteiger partial charge in [-0.05, 0) is 31.1 Å². The van der Waals surface area contributed by atoms with E-state index in [4.69, 9.17) is 0 Å². The molecule has 128 valence electrons. The van der Waals surface area contributed by atoms with E-state index in [0.29, 0.717) is 0 Å². The molecule has 2 fully saturated rings. The van der Waals surface area contributed by atoms with E-state index in [2.05, 4.69) is 0 Å². The fourth-order valence-corrected chi connectivity index (χ4v) is 4.76. The van der Waals surface area contributed by atoms with Gasteiger partial charge in [-0.15, -0.1) is 0 Å². The fraction of sp³-hybridized carbons (Fsp3) is 0.375. The van der Waals surface area contributed by atoms with E-state index in [1.54, 1.807) is 18.2 Å². The summed E-state index contributed by atoms with van der Waals surface area (Å²) < 4.78 is 24.9. The van der Waals surface area contributed by atoms with Gasteiger partial charge in [-0.1, -0.05) is 18.2 Å². The minimum atomic E-state index is -3.81. The first-order chi connectivity index (χ1) is 11.2. The van der Waals surface area contributed by atoms with Gasteiger partial charge >= 0.3 is 5.97 Å². The van der Waals surface area contributed by atoms with Gasteiger partial charge in [0.15, 0.2) is 15.9 Å². The minimum Gasteiger partial charge on any atom is -0.479 e. The van der Waals surface area contributed by atoms with Gasteiger partial charge in [0, 0.05) is 5.41 Å². The van der Waals surface area contributed by atoms with Crippen molar-refractivity contribution in [2.45, 2.75) is 36.4 Å². The number of rotatable bonds is 4. The van der Waals surface area contributed by atoms with Crippen molar-refractivity contribution in [1.29, 1.82) is 0 Å². The Hall–Kier alpha value is -2.19. The number of aliphatic carboxylic acids is 1. The Bertz CT molecular complexity index is 814. The van der Waals surface area contributed by atoms with Gasteiger partial charge in [-0.3, -0.25) is 4.79 Å². The SMILES string of the molecule is CC(O)C1C(=O)N2C(C(=O)O)C(=CS(=O)(=O)c3ccccc3)CC12. The minimum absolute atomic E-state index is 0.0642. The number of nitrogens with zero attached hydrogens (tertiary/aromatic N) is 1. The summed E-state index contributed by atoms with van der Waals surface area (Å²) in [6.07, 6.45) is -0.775. The van der Waals surface area contributed by atoms with Crippen molar-refractivity contribution in [3.05, 3.63) is 41.3 Å². The van der Waals surface area contributed by atoms with Crippen LogP contribution < -0.4 is 0 Å². The van der Waals surface area contributed by atoms with Crippen LogP contribution in [0.15, 0.2) is 46.2 Å². The largest absolute Gasteiger partial charge is 0.479 e. The smallest absolute Gasteiger partial charge is 0.330 e. The van der Waals surface area contributed by atoms with E-state index >= 15 is 0 Å². The lowest BCUT2D eigenvalue weighted by molar-refractivity contribution is -0.169. The standard InChI is InChI=1S/C16H17NO6S/c1-9(18)13-12-7-10(14(16(20)21)17(12)15(13)19)8-24(22,23)11-5-3-2-4-6-11/h2-6,8-9,12-14,18H,7H2,1H3,(H,20,21). The number of carbonyl (C=O) groups excluding carboxylic acids is 1. The average molecular weight is 351 g/mol. The number of β-lactam (4-membered cyclic amide) rings is 1. The Kier molecular flexibility index (Phi) is 3.97. The molecule has 0 spiro atoms. The lowest BCUT2D eigenvalue weighted by Gasteiger charge is -2.45. The number of sulfone groups is 1. The summed E-state index contributed by atoms with van der Waals surface area (Å²) in [5.74, 6) is -2.41. The molecular weight excluding hydrogens is 334 g/mol. The summed E-state index contributed by atoms with van der Waals surface area (Å²) in [5.41, 5.74) is 0.160. The lowest BCUT2D eigenvalue weighted by Crippen LogP contribution is -2.64. The molecule has 0 bridgehead atoms. The number of hydrogen-bond donors (Lipinski definition) is 2. The third-order valence-corrected chi connectivity index (χ3v) is 6.06. The van der Waals surface area contributed by atoms with E-state index in [9.17, 15) is 28.2 Å². The Morgan fingerprint density at radius 1 is 1.33 bits per heavy atom. The van der Waals surface area contributed by atoms with Gasteiger partial charge in [0.25, 0.3) is 0 Å². The molecule has 0 radical (unpaired) electrons. The molecule has 2 aliphatic heterocycles. The van der Waals surface area contributed by atoms with Crippen LogP contribution in [0.4, 0.5) is 0 Å². The molecule has 2 aliphatic rings. The zero-order valence-corrected chi connectivity index (χ0v) is 13.7. The maximum absolute atomic E-state index is 12.5. The maximum atomic E-state index is 12.5. The van der Waals surface area contributed by atoms with Gasteiger partial charge in [0.1, 0.15) is 0 Å². The predicted molar refractivity (Wildman–Crippen MR) is 83.6 cm³/mol. The van der Waals surface area contributed by atoms with Crippen molar-refractivity contribution in [1.82, 2.24) is 4.90 Å². The molecule has 1 aromatic rings. The fourth-order valence-electron chi connectivity index (χ4n) is 3.46. The summed E-state index contributed by atoms with van der Waals surface area (Å²) in [6, 6.07) is 5.92. The molecule has 0 aliphatic carbocycles. The first kappa shape index (κ1) is 16.7. The summed E-state index contributed by atoms with van der Waals surface area (Å²) in [4.78, 5) is 24.9. The highest BCUT2D eigenvalue weighted by atomic mass is 32.2. The lowest BCUT2D eigenvalue weighted by atomic mass is 9.84. The summed E-state index contributed by atoms with van der Waals surface area (Å²) >= 11 is 0.